The zero-order valence-electron chi connectivity index (χ0n) is 19.1. The van der Waals surface area contributed by atoms with Gasteiger partial charge in [-0.1, -0.05) is 62.6 Å². The summed E-state index contributed by atoms with van der Waals surface area (Å²) in [6.45, 7) is 7.46. The number of primary sulfonamides is 1. The number of anilines is 1. The summed E-state index contributed by atoms with van der Waals surface area (Å²) >= 11 is 0. The highest BCUT2D eigenvalue weighted by Gasteiger charge is 2.39. The lowest BCUT2D eigenvalue weighted by molar-refractivity contribution is 0.483. The maximum absolute atomic E-state index is 11.6. The van der Waals surface area contributed by atoms with E-state index < -0.39 is 10.0 Å². The molecule has 4 aromatic rings. The molecule has 5 nitrogen and oxygen atoms in total. The third kappa shape index (κ3) is 4.11. The Morgan fingerprint density at radius 3 is 2.35 bits per heavy atom. The first-order valence-electron chi connectivity index (χ1n) is 10.9. The number of benzene rings is 3. The summed E-state index contributed by atoms with van der Waals surface area (Å²) in [7, 11) is -0.316. The minimum Gasteiger partial charge on any atom is -0.357 e. The van der Waals surface area contributed by atoms with Crippen LogP contribution in [0.4, 0.5) is 11.4 Å². The monoisotopic (exact) mass is 507 g/mol. The zero-order chi connectivity index (χ0) is 24.1. The topological polar surface area (TPSA) is 75.8 Å². The Morgan fingerprint density at radius 1 is 0.971 bits per heavy atom. The Hall–Kier alpha value is -2.78. The van der Waals surface area contributed by atoms with Crippen LogP contribution in [-0.2, 0) is 22.1 Å². The summed E-state index contributed by atoms with van der Waals surface area (Å²) < 4.78 is 24.1. The van der Waals surface area contributed by atoms with Crippen molar-refractivity contribution in [1.29, 1.82) is 0 Å². The molecular weight excluding hydrogens is 483 g/mol. The highest BCUT2D eigenvalue weighted by molar-refractivity contribution is 7.89. The van der Waals surface area contributed by atoms with Crippen LogP contribution in [0, 0.1) is 6.92 Å². The molecule has 0 spiro atoms. The van der Waals surface area contributed by atoms with Gasteiger partial charge >= 0.3 is 0 Å². The van der Waals surface area contributed by atoms with Crippen LogP contribution in [0.25, 0.3) is 11.1 Å². The van der Waals surface area contributed by atoms with E-state index in [1.54, 1.807) is 32.8 Å². The molecule has 2 heterocycles. The molecule has 0 amide bonds. The highest BCUT2D eigenvalue weighted by Crippen LogP contribution is 2.50. The van der Waals surface area contributed by atoms with Crippen LogP contribution < -0.4 is 14.7 Å². The number of nitrogens with two attached hydrogens (primary N) is 1. The largest absolute Gasteiger partial charge is 0.357 e. The van der Waals surface area contributed by atoms with Crippen LogP contribution in [0.3, 0.4) is 0 Å². The second-order valence-electron chi connectivity index (χ2n) is 8.98. The summed E-state index contributed by atoms with van der Waals surface area (Å²) in [5.41, 5.74) is 6.48. The highest BCUT2D eigenvalue weighted by atomic mass is 32.9. The molecule has 0 unspecified atom stereocenters. The zero-order valence-corrected chi connectivity index (χ0v) is 21.6. The van der Waals surface area contributed by atoms with Gasteiger partial charge in [0.05, 0.1) is 21.0 Å². The molecule has 3 aromatic carbocycles. The minimum absolute atomic E-state index is 0.0844. The van der Waals surface area contributed by atoms with Crippen molar-refractivity contribution >= 4 is 42.1 Å². The Bertz CT molecular complexity index is 1530. The molecule has 0 bridgehead atoms. The van der Waals surface area contributed by atoms with Gasteiger partial charge in [-0.15, -0.1) is 0 Å². The molecule has 0 fully saturated rings. The molecule has 0 saturated heterocycles. The first-order valence-corrected chi connectivity index (χ1v) is 14.6. The maximum atomic E-state index is 11.6. The number of nitrogens with zero attached hydrogens (tertiary/aromatic N) is 2. The van der Waals surface area contributed by atoms with Crippen LogP contribution in [0.1, 0.15) is 29.9 Å². The Balaban J connectivity index is 1.66. The molecule has 5 rings (SSSR count). The molecule has 2 N–H and O–H groups in total. The van der Waals surface area contributed by atoms with Gasteiger partial charge in [-0.2, -0.15) is 0 Å². The third-order valence-electron chi connectivity index (χ3n) is 6.17. The summed E-state index contributed by atoms with van der Waals surface area (Å²) in [4.78, 5) is 8.76. The van der Waals surface area contributed by atoms with Crippen LogP contribution in [0.15, 0.2) is 82.7 Å². The Morgan fingerprint density at radius 2 is 1.68 bits per heavy atom. The van der Waals surface area contributed by atoms with Crippen molar-refractivity contribution in [2.75, 3.05) is 4.90 Å². The fourth-order valence-electron chi connectivity index (χ4n) is 4.37. The molecule has 0 radical (unpaired) electrons. The first kappa shape index (κ1) is 23.0. The second kappa shape index (κ2) is 8.46. The van der Waals surface area contributed by atoms with Gasteiger partial charge in [-0.05, 0) is 62.7 Å². The van der Waals surface area contributed by atoms with Gasteiger partial charge in [-0.25, -0.2) is 18.5 Å². The lowest BCUT2D eigenvalue weighted by atomic mass is 9.86. The van der Waals surface area contributed by atoms with Gasteiger partial charge in [0, 0.05) is 23.4 Å². The van der Waals surface area contributed by atoms with Crippen molar-refractivity contribution in [3.63, 3.8) is 0 Å². The number of aryl methyl sites for hydroxylation is 1. The van der Waals surface area contributed by atoms with E-state index in [4.69, 9.17) is 10.1 Å². The fraction of sp³-hybridized carbons (Fsp3) is 0.192. The van der Waals surface area contributed by atoms with E-state index in [9.17, 15) is 8.42 Å². The van der Waals surface area contributed by atoms with Gasteiger partial charge in [0.25, 0.3) is 0 Å². The number of sulfonamides is 1. The van der Waals surface area contributed by atoms with Crippen molar-refractivity contribution in [1.82, 2.24) is 0 Å². The molecule has 1 aliphatic heterocycles. The third-order valence-corrected chi connectivity index (χ3v) is 9.73. The quantitative estimate of drug-likeness (QED) is 0.348. The number of hydrogen-bond donors (Lipinski definition) is 1. The fourth-order valence-corrected chi connectivity index (χ4v) is 7.86. The number of rotatable bonds is 4. The SMILES string of the molecule is Cc1ccc2c(c1)-c1c(ssc1=Nc1ccc(S(N)(=O)=O)cc1)C(C)(C)N2Cc1ccccc1. The average Bonchev–Trinajstić information content (AvgIpc) is 3.22. The summed E-state index contributed by atoms with van der Waals surface area (Å²) in [6, 6.07) is 23.6. The predicted molar refractivity (Wildman–Crippen MR) is 141 cm³/mol. The van der Waals surface area contributed by atoms with Crippen molar-refractivity contribution < 1.29 is 8.42 Å². The van der Waals surface area contributed by atoms with Crippen LogP contribution in [-0.4, -0.2) is 8.42 Å². The lowest BCUT2D eigenvalue weighted by Gasteiger charge is -2.44. The first-order chi connectivity index (χ1) is 16.1. The summed E-state index contributed by atoms with van der Waals surface area (Å²) in [5.74, 6) is 0. The standard InChI is InChI=1S/C26H25N3O2S3/c1-17-9-14-22-21(15-17)23-24(26(2,3)29(22)16-18-7-5-4-6-8-18)32-33-25(23)28-19-10-12-20(13-11-19)34(27,30)31/h4-15H,16H2,1-3H3,(H2,27,30,31). The second-order valence-corrected chi connectivity index (χ2v) is 12.7. The van der Waals surface area contributed by atoms with Crippen molar-refractivity contribution in [3.05, 3.63) is 93.5 Å². The van der Waals surface area contributed by atoms with Crippen molar-refractivity contribution in [2.24, 2.45) is 10.1 Å². The van der Waals surface area contributed by atoms with E-state index >= 15 is 0 Å². The van der Waals surface area contributed by atoms with Gasteiger partial charge in [0.15, 0.2) is 0 Å². The molecule has 0 saturated carbocycles. The van der Waals surface area contributed by atoms with Gasteiger partial charge < -0.3 is 4.90 Å². The molecular formula is C26H25N3O2S3. The van der Waals surface area contributed by atoms with E-state index in [0.29, 0.717) is 5.69 Å². The summed E-state index contributed by atoms with van der Waals surface area (Å²) in [5, 5.41) is 5.24. The molecule has 1 aliphatic rings. The van der Waals surface area contributed by atoms with Gasteiger partial charge in [0.2, 0.25) is 10.0 Å². The predicted octanol–water partition coefficient (Wildman–Crippen LogP) is 5.92. The molecule has 0 aliphatic carbocycles. The number of fused-ring (bicyclic) bond motifs is 3. The van der Waals surface area contributed by atoms with E-state index in [2.05, 4.69) is 68.1 Å². The summed E-state index contributed by atoms with van der Waals surface area (Å²) in [6.07, 6.45) is 0. The molecule has 0 atom stereocenters. The smallest absolute Gasteiger partial charge is 0.238 e. The number of hydrogen-bond acceptors (Lipinski definition) is 6. The van der Waals surface area contributed by atoms with Gasteiger partial charge in [-0.3, -0.25) is 0 Å². The molecule has 34 heavy (non-hydrogen) atoms. The van der Waals surface area contributed by atoms with E-state index in [1.165, 1.54) is 45.0 Å². The maximum Gasteiger partial charge on any atom is 0.238 e. The average molecular weight is 508 g/mol. The van der Waals surface area contributed by atoms with Crippen molar-refractivity contribution in [3.8, 4) is 11.1 Å². The van der Waals surface area contributed by atoms with E-state index in [0.717, 1.165) is 11.2 Å². The Kier molecular flexibility index (Phi) is 5.72. The minimum atomic E-state index is -3.73. The lowest BCUT2D eigenvalue weighted by Crippen LogP contribution is -2.43. The van der Waals surface area contributed by atoms with Gasteiger partial charge in [0.1, 0.15) is 4.67 Å². The van der Waals surface area contributed by atoms with Crippen molar-refractivity contribution in [2.45, 2.75) is 37.8 Å². The molecule has 1 aromatic heterocycles. The van der Waals surface area contributed by atoms with Crippen LogP contribution >= 0.6 is 20.7 Å². The normalized spacial score (nSPS) is 15.2. The Labute approximate surface area is 207 Å². The molecule has 8 heteroatoms. The van der Waals surface area contributed by atoms with E-state index in [1.807, 2.05) is 6.07 Å². The van der Waals surface area contributed by atoms with E-state index in [-0.39, 0.29) is 10.4 Å². The van der Waals surface area contributed by atoms with Crippen LogP contribution in [0.5, 0.6) is 0 Å². The molecule has 174 valence electrons. The van der Waals surface area contributed by atoms with Crippen LogP contribution in [0.2, 0.25) is 0 Å².